The van der Waals surface area contributed by atoms with Gasteiger partial charge in [-0.2, -0.15) is 0 Å². The molecular formula is C17H24N2O. The average molecular weight is 272 g/mol. The standard InChI is InChI=1S/C17H24N2O/c1-15(17-7-4-3-5-8-17)19-11-9-16(14-19)13-18-10-6-12-20-2/h3-5,7-9,11,14-15,18H,6,10,12-13H2,1-2H3/t15-/m0/s1. The second kappa shape index (κ2) is 7.88. The largest absolute Gasteiger partial charge is 0.385 e. The van der Waals surface area contributed by atoms with E-state index in [1.165, 1.54) is 11.1 Å². The Kier molecular flexibility index (Phi) is 5.84. The van der Waals surface area contributed by atoms with Gasteiger partial charge in [0.05, 0.1) is 6.04 Å². The van der Waals surface area contributed by atoms with Crippen LogP contribution in [-0.2, 0) is 11.3 Å². The fourth-order valence-corrected chi connectivity index (χ4v) is 2.28. The van der Waals surface area contributed by atoms with Gasteiger partial charge in [0.1, 0.15) is 0 Å². The van der Waals surface area contributed by atoms with E-state index in [4.69, 9.17) is 4.74 Å². The second-order valence-corrected chi connectivity index (χ2v) is 5.08. The molecule has 1 aromatic carbocycles. The van der Waals surface area contributed by atoms with E-state index >= 15 is 0 Å². The van der Waals surface area contributed by atoms with Gasteiger partial charge in [-0.1, -0.05) is 30.3 Å². The number of methoxy groups -OCH3 is 1. The fraction of sp³-hybridized carbons (Fsp3) is 0.412. The lowest BCUT2D eigenvalue weighted by atomic mass is 10.1. The molecule has 1 atom stereocenters. The van der Waals surface area contributed by atoms with Crippen LogP contribution in [0.15, 0.2) is 48.8 Å². The SMILES string of the molecule is COCCCNCc1ccn([C@@H](C)c2ccccc2)c1. The number of rotatable bonds is 8. The lowest BCUT2D eigenvalue weighted by Crippen LogP contribution is -2.15. The second-order valence-electron chi connectivity index (χ2n) is 5.08. The predicted molar refractivity (Wildman–Crippen MR) is 82.9 cm³/mol. The van der Waals surface area contributed by atoms with E-state index in [1.54, 1.807) is 7.11 Å². The molecule has 1 N–H and O–H groups in total. The summed E-state index contributed by atoms with van der Waals surface area (Å²) in [7, 11) is 1.74. The minimum absolute atomic E-state index is 0.374. The maximum atomic E-state index is 5.03. The van der Waals surface area contributed by atoms with Crippen LogP contribution in [0.4, 0.5) is 0 Å². The van der Waals surface area contributed by atoms with E-state index in [2.05, 4.69) is 65.6 Å². The zero-order chi connectivity index (χ0) is 14.2. The van der Waals surface area contributed by atoms with Gasteiger partial charge >= 0.3 is 0 Å². The Morgan fingerprint density at radius 2 is 2.00 bits per heavy atom. The van der Waals surface area contributed by atoms with Crippen molar-refractivity contribution < 1.29 is 4.74 Å². The maximum absolute atomic E-state index is 5.03. The van der Waals surface area contributed by atoms with Gasteiger partial charge in [0, 0.05) is 32.7 Å². The van der Waals surface area contributed by atoms with Crippen LogP contribution in [-0.4, -0.2) is 24.8 Å². The molecule has 2 rings (SSSR count). The van der Waals surface area contributed by atoms with E-state index in [9.17, 15) is 0 Å². The van der Waals surface area contributed by atoms with Crippen molar-refractivity contribution in [2.24, 2.45) is 0 Å². The van der Waals surface area contributed by atoms with Crippen molar-refractivity contribution in [3.8, 4) is 0 Å². The number of benzene rings is 1. The van der Waals surface area contributed by atoms with Gasteiger partial charge in [-0.3, -0.25) is 0 Å². The van der Waals surface area contributed by atoms with Crippen molar-refractivity contribution in [2.45, 2.75) is 25.9 Å². The summed E-state index contributed by atoms with van der Waals surface area (Å²) in [5.41, 5.74) is 2.66. The number of hydrogen-bond donors (Lipinski definition) is 1. The van der Waals surface area contributed by atoms with Gasteiger partial charge in [-0.15, -0.1) is 0 Å². The predicted octanol–water partition coefficient (Wildman–Crippen LogP) is 3.22. The molecule has 0 aliphatic rings. The van der Waals surface area contributed by atoms with E-state index in [-0.39, 0.29) is 0 Å². The lowest BCUT2D eigenvalue weighted by Gasteiger charge is -2.13. The first-order chi connectivity index (χ1) is 9.81. The molecule has 0 fully saturated rings. The number of ether oxygens (including phenoxy) is 1. The summed E-state index contributed by atoms with van der Waals surface area (Å²) in [6.07, 6.45) is 5.43. The van der Waals surface area contributed by atoms with E-state index in [0.29, 0.717) is 6.04 Å². The molecule has 0 spiro atoms. The summed E-state index contributed by atoms with van der Waals surface area (Å²) in [6.45, 7) is 4.95. The van der Waals surface area contributed by atoms with Crippen LogP contribution < -0.4 is 5.32 Å². The molecule has 3 heteroatoms. The van der Waals surface area contributed by atoms with Crippen LogP contribution in [0.25, 0.3) is 0 Å². The normalized spacial score (nSPS) is 12.5. The third-order valence-electron chi connectivity index (χ3n) is 3.54. The van der Waals surface area contributed by atoms with E-state index in [1.807, 2.05) is 0 Å². The molecule has 0 aliphatic carbocycles. The Labute approximate surface area is 121 Å². The summed E-state index contributed by atoms with van der Waals surface area (Å²) in [4.78, 5) is 0. The summed E-state index contributed by atoms with van der Waals surface area (Å²) in [5, 5.41) is 3.44. The van der Waals surface area contributed by atoms with Crippen molar-refractivity contribution in [3.63, 3.8) is 0 Å². The Bertz CT molecular complexity index is 493. The van der Waals surface area contributed by atoms with Crippen molar-refractivity contribution in [1.82, 2.24) is 9.88 Å². The van der Waals surface area contributed by atoms with Crippen LogP contribution in [0.3, 0.4) is 0 Å². The fourth-order valence-electron chi connectivity index (χ4n) is 2.28. The molecule has 20 heavy (non-hydrogen) atoms. The highest BCUT2D eigenvalue weighted by atomic mass is 16.5. The molecule has 0 unspecified atom stereocenters. The van der Waals surface area contributed by atoms with E-state index < -0.39 is 0 Å². The Morgan fingerprint density at radius 1 is 1.20 bits per heavy atom. The minimum Gasteiger partial charge on any atom is -0.385 e. The Morgan fingerprint density at radius 3 is 2.75 bits per heavy atom. The van der Waals surface area contributed by atoms with Crippen LogP contribution in [0.2, 0.25) is 0 Å². The first-order valence-electron chi connectivity index (χ1n) is 7.22. The Balaban J connectivity index is 1.85. The van der Waals surface area contributed by atoms with Gasteiger partial charge in [-0.25, -0.2) is 0 Å². The topological polar surface area (TPSA) is 26.2 Å². The van der Waals surface area contributed by atoms with Crippen LogP contribution in [0.1, 0.15) is 30.5 Å². The van der Waals surface area contributed by atoms with Crippen LogP contribution in [0.5, 0.6) is 0 Å². The monoisotopic (exact) mass is 272 g/mol. The number of aromatic nitrogens is 1. The van der Waals surface area contributed by atoms with Crippen molar-refractivity contribution in [1.29, 1.82) is 0 Å². The first-order valence-corrected chi connectivity index (χ1v) is 7.22. The zero-order valence-corrected chi connectivity index (χ0v) is 12.4. The van der Waals surface area contributed by atoms with Gasteiger partial charge in [-0.05, 0) is 37.1 Å². The van der Waals surface area contributed by atoms with Crippen LogP contribution >= 0.6 is 0 Å². The number of hydrogen-bond acceptors (Lipinski definition) is 2. The van der Waals surface area contributed by atoms with Gasteiger partial charge in [0.25, 0.3) is 0 Å². The molecule has 1 aromatic heterocycles. The number of nitrogens with zero attached hydrogens (tertiary/aromatic N) is 1. The van der Waals surface area contributed by atoms with Crippen molar-refractivity contribution in [2.75, 3.05) is 20.3 Å². The molecule has 3 nitrogen and oxygen atoms in total. The molecule has 108 valence electrons. The molecule has 1 heterocycles. The lowest BCUT2D eigenvalue weighted by molar-refractivity contribution is 0.194. The third-order valence-corrected chi connectivity index (χ3v) is 3.54. The van der Waals surface area contributed by atoms with Gasteiger partial charge in [0.15, 0.2) is 0 Å². The minimum atomic E-state index is 0.374. The molecule has 0 amide bonds. The van der Waals surface area contributed by atoms with Gasteiger partial charge < -0.3 is 14.6 Å². The Hall–Kier alpha value is -1.58. The molecule has 2 aromatic rings. The highest BCUT2D eigenvalue weighted by molar-refractivity contribution is 5.21. The molecule has 0 saturated carbocycles. The summed E-state index contributed by atoms with van der Waals surface area (Å²) < 4.78 is 7.30. The maximum Gasteiger partial charge on any atom is 0.0551 e. The summed E-state index contributed by atoms with van der Waals surface area (Å²) >= 11 is 0. The highest BCUT2D eigenvalue weighted by Crippen LogP contribution is 2.18. The molecule has 0 saturated heterocycles. The van der Waals surface area contributed by atoms with Crippen molar-refractivity contribution >= 4 is 0 Å². The quantitative estimate of drug-likeness (QED) is 0.747. The third kappa shape index (κ3) is 4.22. The van der Waals surface area contributed by atoms with Gasteiger partial charge in [0.2, 0.25) is 0 Å². The average Bonchev–Trinajstić information content (AvgIpc) is 2.96. The summed E-state index contributed by atoms with van der Waals surface area (Å²) in [6, 6.07) is 13.1. The molecular weight excluding hydrogens is 248 g/mol. The van der Waals surface area contributed by atoms with Crippen molar-refractivity contribution in [3.05, 3.63) is 59.9 Å². The molecule has 0 bridgehead atoms. The smallest absolute Gasteiger partial charge is 0.0551 e. The van der Waals surface area contributed by atoms with Crippen LogP contribution in [0, 0.1) is 0 Å². The first kappa shape index (κ1) is 14.8. The van der Waals surface area contributed by atoms with E-state index in [0.717, 1.165) is 26.1 Å². The molecule has 0 radical (unpaired) electrons. The highest BCUT2D eigenvalue weighted by Gasteiger charge is 2.07. The number of nitrogens with one attached hydrogen (secondary N) is 1. The zero-order valence-electron chi connectivity index (χ0n) is 12.4. The summed E-state index contributed by atoms with van der Waals surface area (Å²) in [5.74, 6) is 0. The molecule has 0 aliphatic heterocycles.